The number of nitrogens with one attached hydrogen (secondary N) is 1. The van der Waals surface area contributed by atoms with E-state index in [9.17, 15) is 18.8 Å². The van der Waals surface area contributed by atoms with Crippen LogP contribution in [0.2, 0.25) is 5.02 Å². The topological polar surface area (TPSA) is 86.0 Å². The standard InChI is InChI=1S/C23H16ClFN4O3/c24-19-12-5-4-7-15(19)14-28-22(31)20(21(30)26-17-9-6-8-16(25)13-17)27-29(23(28)32)18-10-2-1-3-11-18/h1-13H,14H2,(H,26,30). The maximum atomic E-state index is 13.5. The highest BCUT2D eigenvalue weighted by Crippen LogP contribution is 2.15. The van der Waals surface area contributed by atoms with E-state index in [1.807, 2.05) is 0 Å². The zero-order chi connectivity index (χ0) is 22.7. The van der Waals surface area contributed by atoms with Crippen molar-refractivity contribution in [3.05, 3.63) is 122 Å². The Hall–Kier alpha value is -4.04. The predicted molar refractivity (Wildman–Crippen MR) is 119 cm³/mol. The molecule has 0 saturated carbocycles. The normalized spacial score (nSPS) is 10.7. The maximum Gasteiger partial charge on any atom is 0.352 e. The lowest BCUT2D eigenvalue weighted by atomic mass is 10.2. The van der Waals surface area contributed by atoms with Gasteiger partial charge < -0.3 is 5.32 Å². The van der Waals surface area contributed by atoms with Gasteiger partial charge in [-0.3, -0.25) is 14.2 Å². The summed E-state index contributed by atoms with van der Waals surface area (Å²) in [6, 6.07) is 20.3. The van der Waals surface area contributed by atoms with Crippen molar-refractivity contribution in [1.29, 1.82) is 0 Å². The van der Waals surface area contributed by atoms with E-state index in [1.165, 1.54) is 18.2 Å². The monoisotopic (exact) mass is 450 g/mol. The van der Waals surface area contributed by atoms with Crippen LogP contribution in [0, 0.1) is 5.82 Å². The highest BCUT2D eigenvalue weighted by Gasteiger charge is 2.21. The number of para-hydroxylation sites is 1. The lowest BCUT2D eigenvalue weighted by Crippen LogP contribution is -2.45. The summed E-state index contributed by atoms with van der Waals surface area (Å²) in [5.41, 5.74) is -1.11. The van der Waals surface area contributed by atoms with E-state index in [0.29, 0.717) is 16.3 Å². The molecule has 3 aromatic carbocycles. The Kier molecular flexibility index (Phi) is 5.96. The molecule has 1 heterocycles. The molecule has 0 bridgehead atoms. The summed E-state index contributed by atoms with van der Waals surface area (Å²) in [6.45, 7) is -0.160. The average Bonchev–Trinajstić information content (AvgIpc) is 2.78. The Bertz CT molecular complexity index is 1420. The first kappa shape index (κ1) is 21.2. The van der Waals surface area contributed by atoms with Crippen molar-refractivity contribution in [3.8, 4) is 5.69 Å². The number of aromatic nitrogens is 3. The molecule has 0 aliphatic rings. The molecule has 0 unspecified atom stereocenters. The van der Waals surface area contributed by atoms with Crippen molar-refractivity contribution in [3.63, 3.8) is 0 Å². The van der Waals surface area contributed by atoms with Gasteiger partial charge in [0.25, 0.3) is 11.5 Å². The predicted octanol–water partition coefficient (Wildman–Crippen LogP) is 3.49. The summed E-state index contributed by atoms with van der Waals surface area (Å²) in [5.74, 6) is -1.43. The van der Waals surface area contributed by atoms with Crippen molar-refractivity contribution >= 4 is 23.2 Å². The van der Waals surface area contributed by atoms with Gasteiger partial charge in [-0.15, -0.1) is 0 Å². The van der Waals surface area contributed by atoms with Crippen LogP contribution < -0.4 is 16.6 Å². The molecule has 0 fully saturated rings. The van der Waals surface area contributed by atoms with Gasteiger partial charge in [-0.1, -0.05) is 54.1 Å². The molecule has 32 heavy (non-hydrogen) atoms. The fraction of sp³-hybridized carbons (Fsp3) is 0.0435. The summed E-state index contributed by atoms with van der Waals surface area (Å²) < 4.78 is 15.4. The SMILES string of the molecule is O=C(Nc1cccc(F)c1)c1nn(-c2ccccc2)c(=O)n(Cc2ccccc2Cl)c1=O. The second kappa shape index (κ2) is 8.99. The van der Waals surface area contributed by atoms with E-state index in [-0.39, 0.29) is 12.2 Å². The van der Waals surface area contributed by atoms with E-state index >= 15 is 0 Å². The quantitative estimate of drug-likeness (QED) is 0.504. The number of halogens is 2. The first-order valence-corrected chi connectivity index (χ1v) is 9.92. The van der Waals surface area contributed by atoms with Crippen LogP contribution in [0.15, 0.2) is 88.5 Å². The number of nitrogens with zero attached hydrogens (tertiary/aromatic N) is 3. The minimum Gasteiger partial charge on any atom is -0.320 e. The molecule has 1 aromatic heterocycles. The van der Waals surface area contributed by atoms with E-state index < -0.39 is 28.7 Å². The fourth-order valence-electron chi connectivity index (χ4n) is 3.09. The molecule has 0 aliphatic carbocycles. The Labute approximate surface area is 186 Å². The van der Waals surface area contributed by atoms with E-state index in [1.54, 1.807) is 54.6 Å². The highest BCUT2D eigenvalue weighted by atomic mass is 35.5. The summed E-state index contributed by atoms with van der Waals surface area (Å²) in [4.78, 5) is 39.1. The van der Waals surface area contributed by atoms with Crippen molar-refractivity contribution in [1.82, 2.24) is 14.3 Å². The van der Waals surface area contributed by atoms with E-state index in [2.05, 4.69) is 10.4 Å². The lowest BCUT2D eigenvalue weighted by molar-refractivity contribution is 0.101. The Morgan fingerprint density at radius 1 is 0.969 bits per heavy atom. The summed E-state index contributed by atoms with van der Waals surface area (Å²) in [6.07, 6.45) is 0. The second-order valence-corrected chi connectivity index (χ2v) is 7.23. The molecular weight excluding hydrogens is 435 g/mol. The van der Waals surface area contributed by atoms with Crippen LogP contribution in [0.5, 0.6) is 0 Å². The Morgan fingerprint density at radius 3 is 2.41 bits per heavy atom. The highest BCUT2D eigenvalue weighted by molar-refractivity contribution is 6.31. The van der Waals surface area contributed by atoms with Crippen molar-refractivity contribution in [2.45, 2.75) is 6.54 Å². The van der Waals surface area contributed by atoms with Gasteiger partial charge in [-0.05, 0) is 42.0 Å². The molecule has 4 rings (SSSR count). The minimum absolute atomic E-state index is 0.145. The van der Waals surface area contributed by atoms with Gasteiger partial charge in [0.2, 0.25) is 5.69 Å². The van der Waals surface area contributed by atoms with Gasteiger partial charge in [-0.25, -0.2) is 9.18 Å². The van der Waals surface area contributed by atoms with Crippen molar-refractivity contribution in [2.75, 3.05) is 5.32 Å². The molecule has 0 atom stereocenters. The molecule has 0 spiro atoms. The van der Waals surface area contributed by atoms with Crippen molar-refractivity contribution < 1.29 is 9.18 Å². The third-order valence-electron chi connectivity index (χ3n) is 4.64. The number of hydrogen-bond donors (Lipinski definition) is 1. The Balaban J connectivity index is 1.86. The van der Waals surface area contributed by atoms with Crippen LogP contribution in [-0.2, 0) is 6.54 Å². The van der Waals surface area contributed by atoms with Crippen LogP contribution >= 0.6 is 11.6 Å². The number of anilines is 1. The Morgan fingerprint density at radius 2 is 1.69 bits per heavy atom. The molecule has 0 saturated heterocycles. The summed E-state index contributed by atoms with van der Waals surface area (Å²) in [7, 11) is 0. The number of carbonyl (C=O) groups excluding carboxylic acids is 1. The van der Waals surface area contributed by atoms with Gasteiger partial charge in [0.05, 0.1) is 12.2 Å². The van der Waals surface area contributed by atoms with Gasteiger partial charge in [-0.2, -0.15) is 9.78 Å². The third kappa shape index (κ3) is 4.35. The molecule has 0 aliphatic heterocycles. The molecule has 7 nitrogen and oxygen atoms in total. The van der Waals surface area contributed by atoms with E-state index in [4.69, 9.17) is 11.6 Å². The number of amides is 1. The number of carbonyl (C=O) groups is 1. The summed E-state index contributed by atoms with van der Waals surface area (Å²) in [5, 5.41) is 6.83. The molecule has 1 N–H and O–H groups in total. The summed E-state index contributed by atoms with van der Waals surface area (Å²) >= 11 is 6.21. The zero-order valence-electron chi connectivity index (χ0n) is 16.5. The molecular formula is C23H16ClFN4O3. The van der Waals surface area contributed by atoms with Crippen LogP contribution in [0.25, 0.3) is 5.69 Å². The van der Waals surface area contributed by atoms with Gasteiger partial charge in [0.15, 0.2) is 0 Å². The van der Waals surface area contributed by atoms with Gasteiger partial charge in [0, 0.05) is 10.7 Å². The average molecular weight is 451 g/mol. The fourth-order valence-corrected chi connectivity index (χ4v) is 3.28. The third-order valence-corrected chi connectivity index (χ3v) is 5.01. The van der Waals surface area contributed by atoms with Crippen LogP contribution in [0.1, 0.15) is 16.1 Å². The lowest BCUT2D eigenvalue weighted by Gasteiger charge is -2.13. The second-order valence-electron chi connectivity index (χ2n) is 6.83. The maximum absolute atomic E-state index is 13.5. The largest absolute Gasteiger partial charge is 0.352 e. The number of rotatable bonds is 5. The molecule has 9 heteroatoms. The van der Waals surface area contributed by atoms with Crippen molar-refractivity contribution in [2.24, 2.45) is 0 Å². The van der Waals surface area contributed by atoms with Crippen LogP contribution in [-0.4, -0.2) is 20.3 Å². The number of hydrogen-bond acceptors (Lipinski definition) is 4. The van der Waals surface area contributed by atoms with Crippen LogP contribution in [0.3, 0.4) is 0 Å². The molecule has 4 aromatic rings. The van der Waals surface area contributed by atoms with Crippen LogP contribution in [0.4, 0.5) is 10.1 Å². The molecule has 160 valence electrons. The zero-order valence-corrected chi connectivity index (χ0v) is 17.3. The molecule has 0 radical (unpaired) electrons. The van der Waals surface area contributed by atoms with Gasteiger partial charge >= 0.3 is 5.69 Å². The first-order valence-electron chi connectivity index (χ1n) is 9.54. The smallest absolute Gasteiger partial charge is 0.320 e. The minimum atomic E-state index is -0.893. The van der Waals surface area contributed by atoms with Gasteiger partial charge in [0.1, 0.15) is 5.82 Å². The number of benzene rings is 3. The molecule has 1 amide bonds. The van der Waals surface area contributed by atoms with E-state index in [0.717, 1.165) is 15.3 Å². The first-order chi connectivity index (χ1) is 15.4.